The average Bonchev–Trinajstić information content (AvgIpc) is 3.09. The SMILES string of the molecule is N#CC1(C(=O)Nc2ccc(S(N)(=O)=O)cc2)CC1. The maximum absolute atomic E-state index is 11.7. The molecule has 0 aromatic heterocycles. The molecule has 0 unspecified atom stereocenters. The second-order valence-electron chi connectivity index (χ2n) is 4.22. The van der Waals surface area contributed by atoms with Crippen LogP contribution in [0.4, 0.5) is 5.69 Å². The Hall–Kier alpha value is -1.91. The zero-order chi connectivity index (χ0) is 13.4. The van der Waals surface area contributed by atoms with E-state index in [0.29, 0.717) is 18.5 Å². The van der Waals surface area contributed by atoms with Gasteiger partial charge in [-0.15, -0.1) is 0 Å². The number of hydrogen-bond donors (Lipinski definition) is 2. The molecule has 94 valence electrons. The van der Waals surface area contributed by atoms with Gasteiger partial charge >= 0.3 is 0 Å². The van der Waals surface area contributed by atoms with Gasteiger partial charge in [-0.2, -0.15) is 5.26 Å². The Morgan fingerprint density at radius 3 is 2.28 bits per heavy atom. The monoisotopic (exact) mass is 265 g/mol. The number of anilines is 1. The zero-order valence-electron chi connectivity index (χ0n) is 9.38. The lowest BCUT2D eigenvalue weighted by atomic mass is 10.1. The molecule has 0 aliphatic heterocycles. The largest absolute Gasteiger partial charge is 0.325 e. The summed E-state index contributed by atoms with van der Waals surface area (Å²) >= 11 is 0. The molecule has 0 spiro atoms. The van der Waals surface area contributed by atoms with Gasteiger partial charge < -0.3 is 5.32 Å². The van der Waals surface area contributed by atoms with Crippen LogP contribution in [0.25, 0.3) is 0 Å². The van der Waals surface area contributed by atoms with Crippen molar-refractivity contribution in [2.45, 2.75) is 17.7 Å². The molecule has 1 saturated carbocycles. The minimum atomic E-state index is -3.73. The predicted molar refractivity (Wildman–Crippen MR) is 63.7 cm³/mol. The fraction of sp³-hybridized carbons (Fsp3) is 0.273. The standard InChI is InChI=1S/C11H11N3O3S/c12-7-11(5-6-11)10(15)14-8-1-3-9(4-2-8)18(13,16)17/h1-4H,5-6H2,(H,14,15)(H2,13,16,17). The first-order valence-corrected chi connectivity index (χ1v) is 6.78. The van der Waals surface area contributed by atoms with Crippen LogP contribution in [-0.4, -0.2) is 14.3 Å². The van der Waals surface area contributed by atoms with Gasteiger partial charge in [0.25, 0.3) is 0 Å². The summed E-state index contributed by atoms with van der Waals surface area (Å²) in [4.78, 5) is 11.7. The van der Waals surface area contributed by atoms with Crippen LogP contribution < -0.4 is 10.5 Å². The fourth-order valence-electron chi connectivity index (χ4n) is 1.49. The van der Waals surface area contributed by atoms with Crippen LogP contribution in [0.1, 0.15) is 12.8 Å². The van der Waals surface area contributed by atoms with E-state index in [1.165, 1.54) is 24.3 Å². The molecule has 0 bridgehead atoms. The van der Waals surface area contributed by atoms with E-state index in [1.807, 2.05) is 6.07 Å². The van der Waals surface area contributed by atoms with Gasteiger partial charge in [0.15, 0.2) is 0 Å². The number of primary sulfonamides is 1. The van der Waals surface area contributed by atoms with Gasteiger partial charge in [-0.1, -0.05) is 0 Å². The summed E-state index contributed by atoms with van der Waals surface area (Å²) in [6.45, 7) is 0. The van der Waals surface area contributed by atoms with Crippen LogP contribution in [0.5, 0.6) is 0 Å². The third kappa shape index (κ3) is 2.34. The van der Waals surface area contributed by atoms with E-state index in [4.69, 9.17) is 10.4 Å². The highest BCUT2D eigenvalue weighted by Crippen LogP contribution is 2.45. The molecule has 7 heteroatoms. The van der Waals surface area contributed by atoms with Crippen LogP contribution in [0.2, 0.25) is 0 Å². The minimum Gasteiger partial charge on any atom is -0.325 e. The van der Waals surface area contributed by atoms with Crippen molar-refractivity contribution < 1.29 is 13.2 Å². The van der Waals surface area contributed by atoms with Crippen molar-refractivity contribution in [2.75, 3.05) is 5.32 Å². The Kier molecular flexibility index (Phi) is 2.84. The topological polar surface area (TPSA) is 113 Å². The Morgan fingerprint density at radius 1 is 1.33 bits per heavy atom. The van der Waals surface area contributed by atoms with Gasteiger partial charge in [-0.3, -0.25) is 4.79 Å². The van der Waals surface area contributed by atoms with E-state index in [0.717, 1.165) is 0 Å². The summed E-state index contributed by atoms with van der Waals surface area (Å²) in [5.41, 5.74) is -0.465. The summed E-state index contributed by atoms with van der Waals surface area (Å²) in [6.07, 6.45) is 1.12. The van der Waals surface area contributed by atoms with E-state index < -0.39 is 15.4 Å². The first kappa shape index (κ1) is 12.5. The lowest BCUT2D eigenvalue weighted by Crippen LogP contribution is -2.22. The first-order chi connectivity index (χ1) is 8.37. The maximum Gasteiger partial charge on any atom is 0.244 e. The molecule has 1 amide bonds. The van der Waals surface area contributed by atoms with Crippen LogP contribution in [0, 0.1) is 16.7 Å². The number of hydrogen-bond acceptors (Lipinski definition) is 4. The number of carbonyl (C=O) groups is 1. The zero-order valence-corrected chi connectivity index (χ0v) is 10.2. The Balaban J connectivity index is 2.13. The Morgan fingerprint density at radius 2 is 1.89 bits per heavy atom. The van der Waals surface area contributed by atoms with Gasteiger partial charge in [0.05, 0.1) is 11.0 Å². The molecule has 1 aliphatic rings. The molecule has 1 fully saturated rings. The maximum atomic E-state index is 11.7. The highest BCUT2D eigenvalue weighted by atomic mass is 32.2. The molecule has 0 atom stereocenters. The molecule has 0 radical (unpaired) electrons. The van der Waals surface area contributed by atoms with Crippen molar-refractivity contribution >= 4 is 21.6 Å². The van der Waals surface area contributed by atoms with Gasteiger partial charge in [-0.25, -0.2) is 13.6 Å². The number of nitrogens with one attached hydrogen (secondary N) is 1. The van der Waals surface area contributed by atoms with E-state index in [1.54, 1.807) is 0 Å². The van der Waals surface area contributed by atoms with Crippen molar-refractivity contribution in [3.05, 3.63) is 24.3 Å². The summed E-state index contributed by atoms with van der Waals surface area (Å²) in [6, 6.07) is 7.46. The summed E-state index contributed by atoms with van der Waals surface area (Å²) in [5.74, 6) is -0.353. The number of amides is 1. The molecule has 0 saturated heterocycles. The van der Waals surface area contributed by atoms with Crippen molar-refractivity contribution in [3.8, 4) is 6.07 Å². The lowest BCUT2D eigenvalue weighted by molar-refractivity contribution is -0.119. The number of nitriles is 1. The fourth-order valence-corrected chi connectivity index (χ4v) is 2.01. The third-order valence-electron chi connectivity index (χ3n) is 2.84. The second-order valence-corrected chi connectivity index (χ2v) is 5.78. The molecule has 1 aromatic rings. The van der Waals surface area contributed by atoms with E-state index in [-0.39, 0.29) is 10.8 Å². The number of carbonyl (C=O) groups excluding carboxylic acids is 1. The lowest BCUT2D eigenvalue weighted by Gasteiger charge is -2.08. The highest BCUT2D eigenvalue weighted by Gasteiger charge is 2.50. The molecule has 2 rings (SSSR count). The summed E-state index contributed by atoms with van der Waals surface area (Å²) < 4.78 is 22.1. The van der Waals surface area contributed by atoms with Gasteiger partial charge in [0.1, 0.15) is 5.41 Å². The van der Waals surface area contributed by atoms with Crippen molar-refractivity contribution in [1.29, 1.82) is 5.26 Å². The predicted octanol–water partition coefficient (Wildman–Crippen LogP) is 0.576. The van der Waals surface area contributed by atoms with Crippen molar-refractivity contribution in [1.82, 2.24) is 0 Å². The number of benzene rings is 1. The Bertz CT molecular complexity index is 624. The third-order valence-corrected chi connectivity index (χ3v) is 3.77. The Labute approximate surface area is 104 Å². The number of nitrogens with zero attached hydrogens (tertiary/aromatic N) is 1. The normalized spacial score (nSPS) is 16.7. The highest BCUT2D eigenvalue weighted by molar-refractivity contribution is 7.89. The molecular weight excluding hydrogens is 254 g/mol. The molecule has 1 aromatic carbocycles. The first-order valence-electron chi connectivity index (χ1n) is 5.23. The molecule has 3 N–H and O–H groups in total. The van der Waals surface area contributed by atoms with Crippen LogP contribution >= 0.6 is 0 Å². The molecule has 1 aliphatic carbocycles. The number of sulfonamides is 1. The molecular formula is C11H11N3O3S. The molecule has 18 heavy (non-hydrogen) atoms. The van der Waals surface area contributed by atoms with Gasteiger partial charge in [0, 0.05) is 5.69 Å². The minimum absolute atomic E-state index is 0.0260. The smallest absolute Gasteiger partial charge is 0.244 e. The second kappa shape index (κ2) is 4.08. The van der Waals surface area contributed by atoms with E-state index >= 15 is 0 Å². The number of rotatable bonds is 3. The molecule has 0 heterocycles. The summed E-state index contributed by atoms with van der Waals surface area (Å²) in [5, 5.41) is 16.4. The molecule has 6 nitrogen and oxygen atoms in total. The van der Waals surface area contributed by atoms with Crippen LogP contribution in [0.3, 0.4) is 0 Å². The van der Waals surface area contributed by atoms with Gasteiger partial charge in [0.2, 0.25) is 15.9 Å². The average molecular weight is 265 g/mol. The van der Waals surface area contributed by atoms with Gasteiger partial charge in [-0.05, 0) is 37.1 Å². The van der Waals surface area contributed by atoms with Crippen molar-refractivity contribution in [2.24, 2.45) is 10.6 Å². The summed E-state index contributed by atoms with van der Waals surface area (Å²) in [7, 11) is -3.73. The van der Waals surface area contributed by atoms with E-state index in [9.17, 15) is 13.2 Å². The van der Waals surface area contributed by atoms with Crippen molar-refractivity contribution in [3.63, 3.8) is 0 Å². The van der Waals surface area contributed by atoms with Crippen LogP contribution in [0.15, 0.2) is 29.2 Å². The van der Waals surface area contributed by atoms with E-state index in [2.05, 4.69) is 5.32 Å². The quantitative estimate of drug-likeness (QED) is 0.831. The number of nitrogens with two attached hydrogens (primary N) is 1. The van der Waals surface area contributed by atoms with Crippen LogP contribution in [-0.2, 0) is 14.8 Å².